The number of nitrogen functional groups attached to an aromatic ring is 1. The summed E-state index contributed by atoms with van der Waals surface area (Å²) < 4.78 is 1.56. The van der Waals surface area contributed by atoms with Crippen LogP contribution in [0.25, 0.3) is 5.65 Å². The molecule has 0 saturated carbocycles. The van der Waals surface area contributed by atoms with Gasteiger partial charge in [-0.3, -0.25) is 10.1 Å². The smallest absolute Gasteiger partial charge is 0.269 e. The molecule has 8 heteroatoms. The number of aromatic nitrogens is 3. The summed E-state index contributed by atoms with van der Waals surface area (Å²) in [6.45, 7) is 0. The Morgan fingerprint density at radius 3 is 2.75 bits per heavy atom. The van der Waals surface area contributed by atoms with Crippen LogP contribution >= 0.6 is 0 Å². The Balaban J connectivity index is 1.96. The van der Waals surface area contributed by atoms with Gasteiger partial charge in [0.15, 0.2) is 5.65 Å². The predicted molar refractivity (Wildman–Crippen MR) is 73.8 cm³/mol. The van der Waals surface area contributed by atoms with Crippen LogP contribution in [0.2, 0.25) is 0 Å². The second kappa shape index (κ2) is 4.50. The van der Waals surface area contributed by atoms with Crippen molar-refractivity contribution in [1.29, 1.82) is 0 Å². The van der Waals surface area contributed by atoms with E-state index in [0.717, 1.165) is 0 Å². The van der Waals surface area contributed by atoms with Crippen molar-refractivity contribution in [2.75, 3.05) is 11.1 Å². The Kier molecular flexibility index (Phi) is 2.68. The largest absolute Gasteiger partial charge is 0.382 e. The van der Waals surface area contributed by atoms with Crippen LogP contribution < -0.4 is 11.1 Å². The van der Waals surface area contributed by atoms with Gasteiger partial charge >= 0.3 is 0 Å². The van der Waals surface area contributed by atoms with Crippen molar-refractivity contribution < 1.29 is 4.92 Å². The minimum atomic E-state index is -0.443. The van der Waals surface area contributed by atoms with E-state index in [4.69, 9.17) is 5.73 Å². The number of hydrogen-bond acceptors (Lipinski definition) is 6. The first-order valence-electron chi connectivity index (χ1n) is 5.75. The molecule has 3 rings (SSSR count). The number of hydrogen-bond donors (Lipinski definition) is 2. The first-order chi connectivity index (χ1) is 9.63. The number of nitrogens with one attached hydrogen (secondary N) is 1. The molecule has 0 radical (unpaired) electrons. The van der Waals surface area contributed by atoms with Gasteiger partial charge in [-0.05, 0) is 12.1 Å². The van der Waals surface area contributed by atoms with Crippen LogP contribution in [0.15, 0.2) is 42.7 Å². The minimum absolute atomic E-state index is 0.0377. The summed E-state index contributed by atoms with van der Waals surface area (Å²) in [5.74, 6) is 0.347. The highest BCUT2D eigenvalue weighted by Gasteiger charge is 2.08. The lowest BCUT2D eigenvalue weighted by atomic mass is 10.2. The van der Waals surface area contributed by atoms with Crippen LogP contribution in [0.5, 0.6) is 0 Å². The molecule has 3 N–H and O–H groups in total. The molecule has 2 aromatic heterocycles. The fraction of sp³-hybridized carbons (Fsp3) is 0. The first-order valence-corrected chi connectivity index (χ1v) is 5.75. The van der Waals surface area contributed by atoms with E-state index in [-0.39, 0.29) is 5.69 Å². The van der Waals surface area contributed by atoms with E-state index < -0.39 is 4.92 Å². The third-order valence-corrected chi connectivity index (χ3v) is 2.74. The number of non-ortho nitro benzene ring substituents is 1. The number of nitro groups is 1. The second-order valence-electron chi connectivity index (χ2n) is 4.11. The van der Waals surface area contributed by atoms with Crippen LogP contribution in [0.4, 0.5) is 22.9 Å². The van der Waals surface area contributed by atoms with E-state index in [1.54, 1.807) is 35.1 Å². The van der Waals surface area contributed by atoms with Gasteiger partial charge in [-0.2, -0.15) is 0 Å². The highest BCUT2D eigenvalue weighted by Crippen LogP contribution is 2.23. The number of nitro benzene ring substituents is 1. The minimum Gasteiger partial charge on any atom is -0.382 e. The molecule has 8 nitrogen and oxygen atoms in total. The maximum Gasteiger partial charge on any atom is 0.269 e. The van der Waals surface area contributed by atoms with E-state index in [1.807, 2.05) is 0 Å². The fourth-order valence-electron chi connectivity index (χ4n) is 1.85. The molecule has 0 aliphatic carbocycles. The Hall–Kier alpha value is -3.16. The normalized spacial score (nSPS) is 10.6. The van der Waals surface area contributed by atoms with Gasteiger partial charge in [-0.25, -0.2) is 9.50 Å². The van der Waals surface area contributed by atoms with Crippen LogP contribution in [0.1, 0.15) is 0 Å². The molecular weight excluding hydrogens is 260 g/mol. The van der Waals surface area contributed by atoms with Gasteiger partial charge in [0, 0.05) is 36.3 Å². The topological polar surface area (TPSA) is 111 Å². The van der Waals surface area contributed by atoms with Crippen LogP contribution in [-0.2, 0) is 0 Å². The molecular formula is C12H10N6O2. The van der Waals surface area contributed by atoms with E-state index >= 15 is 0 Å². The summed E-state index contributed by atoms with van der Waals surface area (Å²) in [6.07, 6.45) is 3.30. The number of nitrogens with zero attached hydrogens (tertiary/aromatic N) is 4. The summed E-state index contributed by atoms with van der Waals surface area (Å²) in [5, 5.41) is 17.8. The zero-order valence-electron chi connectivity index (χ0n) is 10.2. The summed E-state index contributed by atoms with van der Waals surface area (Å²) in [4.78, 5) is 14.3. The van der Waals surface area contributed by atoms with Crippen molar-refractivity contribution in [3.05, 3.63) is 52.8 Å². The van der Waals surface area contributed by atoms with Gasteiger partial charge < -0.3 is 11.1 Å². The maximum absolute atomic E-state index is 10.6. The standard InChI is InChI=1S/C12H10N6O2/c13-11-7-10(12-14-5-6-17(12)16-11)15-8-1-3-9(4-2-8)18(19)20/h1-7,15H,(H2,13,16). The van der Waals surface area contributed by atoms with E-state index in [9.17, 15) is 10.1 Å². The molecule has 20 heavy (non-hydrogen) atoms. The van der Waals surface area contributed by atoms with Gasteiger partial charge in [0.25, 0.3) is 5.69 Å². The molecule has 0 spiro atoms. The lowest BCUT2D eigenvalue weighted by Gasteiger charge is -2.08. The third kappa shape index (κ3) is 2.09. The van der Waals surface area contributed by atoms with Crippen LogP contribution in [0, 0.1) is 10.1 Å². The van der Waals surface area contributed by atoms with Crippen molar-refractivity contribution in [3.8, 4) is 0 Å². The number of fused-ring (bicyclic) bond motifs is 1. The molecule has 0 unspecified atom stereocenters. The molecule has 2 heterocycles. The van der Waals surface area contributed by atoms with Crippen molar-refractivity contribution in [3.63, 3.8) is 0 Å². The zero-order chi connectivity index (χ0) is 14.1. The van der Waals surface area contributed by atoms with Crippen molar-refractivity contribution in [1.82, 2.24) is 14.6 Å². The molecule has 1 aromatic carbocycles. The predicted octanol–water partition coefficient (Wildman–Crippen LogP) is 1.96. The van der Waals surface area contributed by atoms with Crippen molar-refractivity contribution in [2.24, 2.45) is 0 Å². The fourth-order valence-corrected chi connectivity index (χ4v) is 1.85. The highest BCUT2D eigenvalue weighted by atomic mass is 16.6. The maximum atomic E-state index is 10.6. The number of anilines is 3. The van der Waals surface area contributed by atoms with Crippen molar-refractivity contribution >= 4 is 28.5 Å². The summed E-state index contributed by atoms with van der Waals surface area (Å²) in [6, 6.07) is 7.75. The Labute approximate surface area is 113 Å². The van der Waals surface area contributed by atoms with Gasteiger partial charge in [-0.15, -0.1) is 5.10 Å². The van der Waals surface area contributed by atoms with E-state index in [0.29, 0.717) is 22.8 Å². The summed E-state index contributed by atoms with van der Waals surface area (Å²) >= 11 is 0. The second-order valence-corrected chi connectivity index (χ2v) is 4.11. The number of nitrogens with two attached hydrogens (primary N) is 1. The van der Waals surface area contributed by atoms with Gasteiger partial charge in [0.1, 0.15) is 5.82 Å². The first kappa shape index (κ1) is 11.9. The lowest BCUT2D eigenvalue weighted by Crippen LogP contribution is -2.01. The average Bonchev–Trinajstić information content (AvgIpc) is 2.87. The Morgan fingerprint density at radius 2 is 2.05 bits per heavy atom. The van der Waals surface area contributed by atoms with Crippen molar-refractivity contribution in [2.45, 2.75) is 0 Å². The highest BCUT2D eigenvalue weighted by molar-refractivity contribution is 5.75. The quantitative estimate of drug-likeness (QED) is 0.556. The molecule has 0 aliphatic rings. The molecule has 0 amide bonds. The molecule has 0 atom stereocenters. The number of imidazole rings is 1. The zero-order valence-corrected chi connectivity index (χ0v) is 10.2. The summed E-state index contributed by atoms with van der Waals surface area (Å²) in [5.41, 5.74) is 7.75. The average molecular weight is 270 g/mol. The lowest BCUT2D eigenvalue weighted by molar-refractivity contribution is -0.384. The molecule has 0 saturated heterocycles. The van der Waals surface area contributed by atoms with Gasteiger partial charge in [0.05, 0.1) is 10.6 Å². The molecule has 100 valence electrons. The Morgan fingerprint density at radius 1 is 1.30 bits per heavy atom. The molecule has 0 fully saturated rings. The van der Waals surface area contributed by atoms with Gasteiger partial charge in [-0.1, -0.05) is 0 Å². The number of rotatable bonds is 3. The SMILES string of the molecule is Nc1cc(Nc2ccc([N+](=O)[O-])cc2)c2nccn2n1. The Bertz CT molecular complexity index is 780. The summed E-state index contributed by atoms with van der Waals surface area (Å²) in [7, 11) is 0. The van der Waals surface area contributed by atoms with E-state index in [1.165, 1.54) is 12.1 Å². The van der Waals surface area contributed by atoms with Crippen LogP contribution in [0.3, 0.4) is 0 Å². The van der Waals surface area contributed by atoms with E-state index in [2.05, 4.69) is 15.4 Å². The monoisotopic (exact) mass is 270 g/mol. The third-order valence-electron chi connectivity index (χ3n) is 2.74. The molecule has 0 aliphatic heterocycles. The van der Waals surface area contributed by atoms with Gasteiger partial charge in [0.2, 0.25) is 0 Å². The number of benzene rings is 1. The molecule has 3 aromatic rings. The molecule has 0 bridgehead atoms. The van der Waals surface area contributed by atoms with Crippen LogP contribution in [-0.4, -0.2) is 19.5 Å².